The van der Waals surface area contributed by atoms with Gasteiger partial charge in [0.05, 0.1) is 37.6 Å². The minimum Gasteiger partial charge on any atom is -0.478 e. The average molecular weight is 441 g/mol. The van der Waals surface area contributed by atoms with Crippen LogP contribution in [0.1, 0.15) is 54.8 Å². The Morgan fingerprint density at radius 2 is 2.03 bits per heavy atom. The van der Waals surface area contributed by atoms with Crippen LogP contribution in [-0.2, 0) is 20.9 Å². The van der Waals surface area contributed by atoms with Gasteiger partial charge in [-0.25, -0.2) is 9.48 Å². The molecule has 32 heavy (non-hydrogen) atoms. The summed E-state index contributed by atoms with van der Waals surface area (Å²) in [6, 6.07) is 4.53. The number of terminal acetylenes is 1. The number of hydrogen-bond acceptors (Lipinski definition) is 6. The summed E-state index contributed by atoms with van der Waals surface area (Å²) >= 11 is 0. The SMILES string of the molecule is C#CCOCCOCc1cn([C@@H]2c3cc(C(=O)O)ccc3N(C(C)=O)C(CC)C2C)nn1. The predicted octanol–water partition coefficient (Wildman–Crippen LogP) is 2.51. The van der Waals surface area contributed by atoms with E-state index in [1.165, 1.54) is 13.0 Å². The number of carbonyl (C=O) groups is 2. The molecule has 0 fully saturated rings. The average Bonchev–Trinajstić information content (AvgIpc) is 3.22. The normalized spacial score (nSPS) is 19.9. The number of rotatable bonds is 9. The molecule has 1 N–H and O–H groups in total. The number of benzene rings is 1. The van der Waals surface area contributed by atoms with Gasteiger partial charge < -0.3 is 19.5 Å². The van der Waals surface area contributed by atoms with Gasteiger partial charge in [0.2, 0.25) is 5.91 Å². The van der Waals surface area contributed by atoms with E-state index < -0.39 is 5.97 Å². The van der Waals surface area contributed by atoms with Crippen LogP contribution in [0, 0.1) is 18.3 Å². The first-order chi connectivity index (χ1) is 15.4. The number of aromatic carboxylic acids is 1. The molecule has 1 aromatic heterocycles. The van der Waals surface area contributed by atoms with Crippen LogP contribution in [-0.4, -0.2) is 57.8 Å². The number of ether oxygens (including phenoxy) is 2. The molecule has 0 bridgehead atoms. The molecule has 3 atom stereocenters. The van der Waals surface area contributed by atoms with Crippen molar-refractivity contribution in [3.63, 3.8) is 0 Å². The Labute approximate surface area is 187 Å². The molecule has 0 radical (unpaired) electrons. The summed E-state index contributed by atoms with van der Waals surface area (Å²) < 4.78 is 12.5. The van der Waals surface area contributed by atoms with Crippen LogP contribution in [0.25, 0.3) is 0 Å². The zero-order chi connectivity index (χ0) is 23.3. The molecular formula is C23H28N4O5. The molecule has 0 saturated carbocycles. The van der Waals surface area contributed by atoms with E-state index in [4.69, 9.17) is 15.9 Å². The van der Waals surface area contributed by atoms with Crippen molar-refractivity contribution in [1.29, 1.82) is 0 Å². The summed E-state index contributed by atoms with van der Waals surface area (Å²) in [6.07, 6.45) is 7.68. The molecule has 2 heterocycles. The van der Waals surface area contributed by atoms with Crippen LogP contribution in [0.5, 0.6) is 0 Å². The fourth-order valence-corrected chi connectivity index (χ4v) is 4.33. The maximum Gasteiger partial charge on any atom is 0.335 e. The van der Waals surface area contributed by atoms with E-state index in [0.717, 1.165) is 12.0 Å². The third-order valence-electron chi connectivity index (χ3n) is 5.70. The third-order valence-corrected chi connectivity index (χ3v) is 5.70. The van der Waals surface area contributed by atoms with Gasteiger partial charge in [0, 0.05) is 30.1 Å². The van der Waals surface area contributed by atoms with Gasteiger partial charge in [-0.15, -0.1) is 11.5 Å². The number of carboxylic acid groups (broad SMARTS) is 1. The van der Waals surface area contributed by atoms with Gasteiger partial charge in [0.15, 0.2) is 0 Å². The Bertz CT molecular complexity index is 1010. The molecule has 0 saturated heterocycles. The first-order valence-corrected chi connectivity index (χ1v) is 10.6. The van der Waals surface area contributed by atoms with Gasteiger partial charge in [-0.05, 0) is 24.6 Å². The summed E-state index contributed by atoms with van der Waals surface area (Å²) in [5, 5.41) is 18.0. The first-order valence-electron chi connectivity index (χ1n) is 10.6. The Kier molecular flexibility index (Phi) is 7.62. The van der Waals surface area contributed by atoms with E-state index in [9.17, 15) is 14.7 Å². The van der Waals surface area contributed by atoms with Gasteiger partial charge in [-0.1, -0.05) is 25.0 Å². The highest BCUT2D eigenvalue weighted by molar-refractivity contribution is 5.95. The van der Waals surface area contributed by atoms with Gasteiger partial charge in [0.1, 0.15) is 12.3 Å². The van der Waals surface area contributed by atoms with Crippen molar-refractivity contribution in [2.75, 3.05) is 24.7 Å². The van der Waals surface area contributed by atoms with Crippen LogP contribution in [0.4, 0.5) is 5.69 Å². The molecule has 9 nitrogen and oxygen atoms in total. The second-order valence-electron chi connectivity index (χ2n) is 7.75. The number of carbonyl (C=O) groups excluding carboxylic acids is 1. The van der Waals surface area contributed by atoms with Gasteiger partial charge in [0.25, 0.3) is 0 Å². The molecule has 2 unspecified atom stereocenters. The molecule has 1 aromatic carbocycles. The molecule has 9 heteroatoms. The molecule has 170 valence electrons. The lowest BCUT2D eigenvalue weighted by molar-refractivity contribution is -0.117. The quantitative estimate of drug-likeness (QED) is 0.472. The van der Waals surface area contributed by atoms with Crippen molar-refractivity contribution in [2.24, 2.45) is 5.92 Å². The summed E-state index contributed by atoms with van der Waals surface area (Å²) in [4.78, 5) is 25.9. The molecular weight excluding hydrogens is 412 g/mol. The topological polar surface area (TPSA) is 107 Å². The zero-order valence-corrected chi connectivity index (χ0v) is 18.5. The van der Waals surface area contributed by atoms with Crippen molar-refractivity contribution in [1.82, 2.24) is 15.0 Å². The van der Waals surface area contributed by atoms with Crippen molar-refractivity contribution in [3.8, 4) is 12.3 Å². The lowest BCUT2D eigenvalue weighted by Gasteiger charge is -2.44. The van der Waals surface area contributed by atoms with Gasteiger partial charge in [-0.2, -0.15) is 0 Å². The number of fused-ring (bicyclic) bond motifs is 1. The highest BCUT2D eigenvalue weighted by Gasteiger charge is 2.41. The lowest BCUT2D eigenvalue weighted by atomic mass is 9.80. The second kappa shape index (κ2) is 10.4. The van der Waals surface area contributed by atoms with Crippen molar-refractivity contribution in [2.45, 2.75) is 45.9 Å². The number of carboxylic acids is 1. The highest BCUT2D eigenvalue weighted by atomic mass is 16.5. The minimum absolute atomic E-state index is 0.0203. The van der Waals surface area contributed by atoms with E-state index in [0.29, 0.717) is 24.6 Å². The van der Waals surface area contributed by atoms with E-state index in [2.05, 4.69) is 16.2 Å². The van der Waals surface area contributed by atoms with E-state index in [-0.39, 0.29) is 42.7 Å². The fraction of sp³-hybridized carbons (Fsp3) is 0.478. The first kappa shape index (κ1) is 23.4. The van der Waals surface area contributed by atoms with Crippen molar-refractivity contribution < 1.29 is 24.2 Å². The van der Waals surface area contributed by atoms with E-state index in [1.807, 2.05) is 13.8 Å². The maximum absolute atomic E-state index is 12.5. The molecule has 1 aliphatic rings. The van der Waals surface area contributed by atoms with Crippen molar-refractivity contribution in [3.05, 3.63) is 41.2 Å². The van der Waals surface area contributed by atoms with Crippen LogP contribution in [0.15, 0.2) is 24.4 Å². The molecule has 0 aliphatic carbocycles. The van der Waals surface area contributed by atoms with Gasteiger partial charge in [-0.3, -0.25) is 4.79 Å². The molecule has 0 spiro atoms. The van der Waals surface area contributed by atoms with Crippen LogP contribution < -0.4 is 4.90 Å². The standard InChI is InChI=1S/C23H28N4O5/c1-5-9-31-10-11-32-14-18-13-26(25-24-18)22-15(3)20(6-2)27(16(4)28)21-8-7-17(23(29)30)12-19(21)22/h1,7-8,12-13,15,20,22H,6,9-11,14H2,2-4H3,(H,29,30)/t15?,20?,22-/m0/s1. The predicted molar refractivity (Wildman–Crippen MR) is 117 cm³/mol. The summed E-state index contributed by atoms with van der Waals surface area (Å²) in [5.41, 5.74) is 2.25. The third kappa shape index (κ3) is 4.82. The Morgan fingerprint density at radius 3 is 2.69 bits per heavy atom. The number of nitrogens with zero attached hydrogens (tertiary/aromatic N) is 4. The number of hydrogen-bond donors (Lipinski definition) is 1. The monoisotopic (exact) mass is 440 g/mol. The number of aromatic nitrogens is 3. The molecule has 1 amide bonds. The second-order valence-corrected chi connectivity index (χ2v) is 7.75. The van der Waals surface area contributed by atoms with Gasteiger partial charge >= 0.3 is 5.97 Å². The van der Waals surface area contributed by atoms with E-state index in [1.54, 1.807) is 27.9 Å². The number of amides is 1. The fourth-order valence-electron chi connectivity index (χ4n) is 4.33. The Morgan fingerprint density at radius 1 is 1.28 bits per heavy atom. The summed E-state index contributed by atoms with van der Waals surface area (Å²) in [6.45, 7) is 6.89. The van der Waals surface area contributed by atoms with Crippen molar-refractivity contribution >= 4 is 17.6 Å². The largest absolute Gasteiger partial charge is 0.478 e. The number of anilines is 1. The van der Waals surface area contributed by atoms with Crippen LogP contribution in [0.2, 0.25) is 0 Å². The van der Waals surface area contributed by atoms with Crippen LogP contribution in [0.3, 0.4) is 0 Å². The van der Waals surface area contributed by atoms with Crippen LogP contribution >= 0.6 is 0 Å². The summed E-state index contributed by atoms with van der Waals surface area (Å²) in [5.74, 6) is 1.27. The maximum atomic E-state index is 12.5. The summed E-state index contributed by atoms with van der Waals surface area (Å²) in [7, 11) is 0. The van der Waals surface area contributed by atoms with E-state index >= 15 is 0 Å². The lowest BCUT2D eigenvalue weighted by Crippen LogP contribution is -2.49. The Hall–Kier alpha value is -3.22. The minimum atomic E-state index is -1.02. The molecule has 1 aliphatic heterocycles. The molecule has 3 rings (SSSR count). The Balaban J connectivity index is 1.90. The zero-order valence-electron chi connectivity index (χ0n) is 18.5. The smallest absolute Gasteiger partial charge is 0.335 e. The highest BCUT2D eigenvalue weighted by Crippen LogP contribution is 2.44. The molecule has 2 aromatic rings.